The Balaban J connectivity index is 0.00000320. The predicted molar refractivity (Wildman–Crippen MR) is 198 cm³/mol. The Kier molecular flexibility index (Phi) is 14.3. The van der Waals surface area contributed by atoms with E-state index >= 15 is 0 Å². The first-order chi connectivity index (χ1) is 26.8. The Morgan fingerprint density at radius 3 is 1.88 bits per heavy atom. The van der Waals surface area contributed by atoms with E-state index in [9.17, 15) is 35.5 Å². The van der Waals surface area contributed by atoms with Gasteiger partial charge in [-0.25, -0.2) is 26.8 Å². The molecule has 0 saturated carbocycles. The van der Waals surface area contributed by atoms with Gasteiger partial charge in [-0.15, -0.1) is 5.10 Å². The van der Waals surface area contributed by atoms with Crippen LogP contribution in [0.3, 0.4) is 0 Å². The second kappa shape index (κ2) is 18.6. The molecule has 3 aromatic heterocycles. The van der Waals surface area contributed by atoms with Crippen LogP contribution in [0.15, 0.2) is 107 Å². The van der Waals surface area contributed by atoms with E-state index in [1.54, 1.807) is 65.5 Å². The fraction of sp³-hybridized carbons (Fsp3) is 0.167. The molecule has 0 bridgehead atoms. The van der Waals surface area contributed by atoms with Crippen LogP contribution in [-0.4, -0.2) is 67.1 Å². The number of methoxy groups -OCH3 is 1. The minimum atomic E-state index is -5.07. The SMILES string of the molecule is COc1cc(-c2nc3ccccc3c(=O)n2CCCCn2cc(Cn3c(-c4cccc(OS(=O)(=O)[O-])c4)nc4ccccc4c3=O)nn2)ccc1OS(=O)(=O)[O-].[Na+].[Na+]. The molecule has 58 heavy (non-hydrogen) atoms. The van der Waals surface area contributed by atoms with Crippen molar-refractivity contribution in [3.8, 4) is 40.0 Å². The van der Waals surface area contributed by atoms with E-state index < -0.39 is 20.8 Å². The van der Waals surface area contributed by atoms with Gasteiger partial charge in [0.15, 0.2) is 11.5 Å². The number of unbranched alkanes of at least 4 members (excludes halogenated alkanes) is 1. The van der Waals surface area contributed by atoms with Crippen molar-refractivity contribution in [1.29, 1.82) is 0 Å². The Bertz CT molecular complexity index is 2980. The maximum atomic E-state index is 13.7. The third-order valence-corrected chi connectivity index (χ3v) is 9.33. The van der Waals surface area contributed by atoms with E-state index in [4.69, 9.17) is 9.72 Å². The second-order valence-corrected chi connectivity index (χ2v) is 14.3. The van der Waals surface area contributed by atoms with Crippen molar-refractivity contribution in [2.45, 2.75) is 32.5 Å². The third-order valence-electron chi connectivity index (χ3n) is 8.55. The monoisotopic (exact) mass is 845 g/mol. The molecule has 0 aliphatic rings. The van der Waals surface area contributed by atoms with Crippen LogP contribution in [-0.2, 0) is 40.4 Å². The summed E-state index contributed by atoms with van der Waals surface area (Å²) in [5, 5.41) is 9.21. The van der Waals surface area contributed by atoms with Crippen LogP contribution in [0.4, 0.5) is 0 Å². The maximum absolute atomic E-state index is 13.7. The fourth-order valence-corrected chi connectivity index (χ4v) is 6.84. The standard InChI is InChI=1S/C36H31N7O11S2.2Na/c1-52-32-20-24(15-16-31(32)54-56(49,50)51)33-37-29-13-4-2-11-27(29)35(44)42(33)18-7-6-17-41-21-25(39-40-41)22-43-34(38-30-14-5-3-12-28(30)36(43)45)23-9-8-10-26(19-23)53-55(46,47)48;;/h2-5,8-16,19-21H,6-7,17-18,22H2,1H3,(H,46,47,48)(H,49,50,51);;/q;2*+1/p-2. The van der Waals surface area contributed by atoms with Crippen molar-refractivity contribution in [3.05, 3.63) is 124 Å². The van der Waals surface area contributed by atoms with Gasteiger partial charge < -0.3 is 22.2 Å². The van der Waals surface area contributed by atoms with E-state index in [1.165, 1.54) is 52.6 Å². The minimum absolute atomic E-state index is 0. The number of para-hydroxylation sites is 2. The number of aryl methyl sites for hydroxylation is 1. The molecule has 0 aliphatic heterocycles. The van der Waals surface area contributed by atoms with Gasteiger partial charge in [-0.3, -0.25) is 23.4 Å². The van der Waals surface area contributed by atoms with Gasteiger partial charge in [0, 0.05) is 24.2 Å². The molecule has 0 unspecified atom stereocenters. The number of hydrogen-bond donors (Lipinski definition) is 0. The predicted octanol–water partition coefficient (Wildman–Crippen LogP) is -2.74. The second-order valence-electron chi connectivity index (χ2n) is 12.3. The van der Waals surface area contributed by atoms with Crippen molar-refractivity contribution in [3.63, 3.8) is 0 Å². The average molecular weight is 846 g/mol. The summed E-state index contributed by atoms with van der Waals surface area (Å²) in [6.45, 7) is 0.579. The topological polar surface area (TPSA) is 243 Å². The van der Waals surface area contributed by atoms with Gasteiger partial charge in [-0.2, -0.15) is 0 Å². The fourth-order valence-electron chi connectivity index (χ4n) is 6.15. The number of aromatic nitrogens is 7. The van der Waals surface area contributed by atoms with Gasteiger partial charge in [0.1, 0.15) is 23.1 Å². The number of fused-ring (bicyclic) bond motifs is 2. The largest absolute Gasteiger partial charge is 1.00 e. The van der Waals surface area contributed by atoms with Crippen molar-refractivity contribution in [1.82, 2.24) is 34.1 Å². The Hall–Kier alpha value is -4.48. The molecule has 288 valence electrons. The molecule has 0 radical (unpaired) electrons. The third kappa shape index (κ3) is 10.4. The van der Waals surface area contributed by atoms with E-state index in [0.29, 0.717) is 58.0 Å². The summed E-state index contributed by atoms with van der Waals surface area (Å²) >= 11 is 0. The van der Waals surface area contributed by atoms with Crippen LogP contribution < -0.4 is 83.3 Å². The summed E-state index contributed by atoms with van der Waals surface area (Å²) in [5.41, 5.74) is 1.31. The first-order valence-corrected chi connectivity index (χ1v) is 19.4. The van der Waals surface area contributed by atoms with E-state index in [-0.39, 0.29) is 112 Å². The first kappa shape index (κ1) is 44.6. The molecule has 18 nitrogen and oxygen atoms in total. The quantitative estimate of drug-likeness (QED) is 0.0467. The molecule has 7 aromatic rings. The summed E-state index contributed by atoms with van der Waals surface area (Å²) in [7, 11) is -8.85. The summed E-state index contributed by atoms with van der Waals surface area (Å²) in [4.78, 5) is 36.9. The Morgan fingerprint density at radius 1 is 0.655 bits per heavy atom. The van der Waals surface area contributed by atoms with E-state index in [2.05, 4.69) is 23.7 Å². The molecule has 22 heteroatoms. The van der Waals surface area contributed by atoms with Crippen LogP contribution in [0.5, 0.6) is 17.2 Å². The number of hydrogen-bond acceptors (Lipinski definition) is 15. The summed E-state index contributed by atoms with van der Waals surface area (Å²) in [6.07, 6.45) is 2.70. The number of rotatable bonds is 14. The molecule has 0 amide bonds. The molecular formula is C36H29N7Na2O11S2. The molecule has 0 N–H and O–H groups in total. The molecule has 4 aromatic carbocycles. The zero-order valence-corrected chi connectivity index (χ0v) is 36.8. The van der Waals surface area contributed by atoms with Gasteiger partial charge in [-0.05, 0) is 67.4 Å². The summed E-state index contributed by atoms with van der Waals surface area (Å²) in [6, 6.07) is 23.4. The molecule has 0 aliphatic carbocycles. The average Bonchev–Trinajstić information content (AvgIpc) is 3.61. The molecule has 0 fully saturated rings. The molecule has 7 rings (SSSR count). The number of nitrogens with zero attached hydrogens (tertiary/aromatic N) is 7. The van der Waals surface area contributed by atoms with Crippen molar-refractivity contribution in [2.24, 2.45) is 0 Å². The maximum Gasteiger partial charge on any atom is 1.00 e. The van der Waals surface area contributed by atoms with Crippen LogP contribution >= 0.6 is 0 Å². The van der Waals surface area contributed by atoms with Gasteiger partial charge >= 0.3 is 59.1 Å². The van der Waals surface area contributed by atoms with Gasteiger partial charge in [0.2, 0.25) is 0 Å². The molecule has 0 spiro atoms. The normalized spacial score (nSPS) is 11.5. The smallest absolute Gasteiger partial charge is 0.716 e. The Labute approximate surface area is 374 Å². The summed E-state index contributed by atoms with van der Waals surface area (Å²) < 4.78 is 86.1. The zero-order valence-electron chi connectivity index (χ0n) is 31.2. The van der Waals surface area contributed by atoms with Crippen molar-refractivity contribution < 1.29 is 98.2 Å². The molecular weight excluding hydrogens is 817 g/mol. The zero-order chi connectivity index (χ0) is 39.6. The van der Waals surface area contributed by atoms with Crippen LogP contribution in [0, 0.1) is 0 Å². The van der Waals surface area contributed by atoms with E-state index in [1.807, 2.05) is 0 Å². The number of benzene rings is 4. The first-order valence-electron chi connectivity index (χ1n) is 16.7. The molecule has 0 atom stereocenters. The molecule has 3 heterocycles. The van der Waals surface area contributed by atoms with E-state index in [0.717, 1.165) is 0 Å². The van der Waals surface area contributed by atoms with Gasteiger partial charge in [0.25, 0.3) is 31.9 Å². The minimum Gasteiger partial charge on any atom is -0.716 e. The molecule has 0 saturated heterocycles. The number of ether oxygens (including phenoxy) is 1. The van der Waals surface area contributed by atoms with Crippen LogP contribution in [0.1, 0.15) is 18.5 Å². The van der Waals surface area contributed by atoms with Crippen molar-refractivity contribution in [2.75, 3.05) is 7.11 Å². The van der Waals surface area contributed by atoms with Crippen molar-refractivity contribution >= 4 is 42.6 Å². The van der Waals surface area contributed by atoms with Gasteiger partial charge in [0.05, 0.1) is 41.7 Å². The van der Waals surface area contributed by atoms with Crippen LogP contribution in [0.2, 0.25) is 0 Å². The van der Waals surface area contributed by atoms with Gasteiger partial charge in [-0.1, -0.05) is 41.6 Å². The van der Waals surface area contributed by atoms with Crippen LogP contribution in [0.25, 0.3) is 44.6 Å². The Morgan fingerprint density at radius 2 is 1.24 bits per heavy atom. The summed E-state index contributed by atoms with van der Waals surface area (Å²) in [5.74, 6) is -0.153.